The first-order chi connectivity index (χ1) is 9.60. The molecule has 0 aliphatic heterocycles. The Bertz CT molecular complexity index is 586. The lowest BCUT2D eigenvalue weighted by Gasteiger charge is -2.14. The zero-order chi connectivity index (χ0) is 14.5. The average Bonchev–Trinajstić information content (AvgIpc) is 2.46. The van der Waals surface area contributed by atoms with Crippen LogP contribution in [0, 0.1) is 12.7 Å². The van der Waals surface area contributed by atoms with Crippen LogP contribution in [0.15, 0.2) is 42.5 Å². The van der Waals surface area contributed by atoms with Crippen LogP contribution in [0.4, 0.5) is 10.1 Å². The molecule has 0 spiro atoms. The summed E-state index contributed by atoms with van der Waals surface area (Å²) in [5.41, 5.74) is 1.98. The van der Waals surface area contributed by atoms with E-state index >= 15 is 0 Å². The van der Waals surface area contributed by atoms with Gasteiger partial charge in [0.1, 0.15) is 11.6 Å². The Hall–Kier alpha value is -2.07. The van der Waals surface area contributed by atoms with Gasteiger partial charge in [-0.1, -0.05) is 18.2 Å². The lowest BCUT2D eigenvalue weighted by Crippen LogP contribution is -2.13. The molecule has 4 heteroatoms. The third-order valence-corrected chi connectivity index (χ3v) is 3.09. The Balaban J connectivity index is 2.02. The van der Waals surface area contributed by atoms with Gasteiger partial charge in [-0.3, -0.25) is 0 Å². The van der Waals surface area contributed by atoms with Gasteiger partial charge in [-0.25, -0.2) is 4.39 Å². The van der Waals surface area contributed by atoms with Gasteiger partial charge in [0.15, 0.2) is 0 Å². The van der Waals surface area contributed by atoms with E-state index in [2.05, 4.69) is 5.32 Å². The summed E-state index contributed by atoms with van der Waals surface area (Å²) in [6.07, 6.45) is -0.731. The molecule has 0 bridgehead atoms. The molecule has 0 amide bonds. The Morgan fingerprint density at radius 1 is 1.25 bits per heavy atom. The number of benzene rings is 2. The third-order valence-electron chi connectivity index (χ3n) is 3.09. The highest BCUT2D eigenvalue weighted by molar-refractivity contribution is 5.46. The van der Waals surface area contributed by atoms with Crippen molar-refractivity contribution in [1.29, 1.82) is 0 Å². The number of nitrogens with one attached hydrogen (secondary N) is 1. The molecule has 0 aliphatic rings. The molecule has 1 unspecified atom stereocenters. The minimum atomic E-state index is -0.731. The smallest absolute Gasteiger partial charge is 0.146 e. The number of anilines is 1. The van der Waals surface area contributed by atoms with Gasteiger partial charge < -0.3 is 15.2 Å². The normalized spacial score (nSPS) is 12.0. The number of rotatable bonds is 5. The number of hydrogen-bond donors (Lipinski definition) is 2. The number of ether oxygens (including phenoxy) is 1. The number of aliphatic hydroxyl groups is 1. The Morgan fingerprint density at radius 3 is 2.75 bits per heavy atom. The van der Waals surface area contributed by atoms with Crippen molar-refractivity contribution < 1.29 is 14.2 Å². The average molecular weight is 275 g/mol. The van der Waals surface area contributed by atoms with Gasteiger partial charge in [0, 0.05) is 6.54 Å². The Labute approximate surface area is 118 Å². The maximum atomic E-state index is 13.7. The minimum absolute atomic E-state index is 0.229. The molecular weight excluding hydrogens is 257 g/mol. The number of aliphatic hydroxyl groups excluding tert-OH is 1. The second kappa shape index (κ2) is 6.39. The molecule has 2 N–H and O–H groups in total. The molecule has 20 heavy (non-hydrogen) atoms. The minimum Gasteiger partial charge on any atom is -0.497 e. The fraction of sp³-hybridized carbons (Fsp3) is 0.250. The molecule has 2 aromatic rings. The number of halogens is 1. The van der Waals surface area contributed by atoms with Crippen LogP contribution in [0.2, 0.25) is 0 Å². The van der Waals surface area contributed by atoms with Gasteiger partial charge in [-0.15, -0.1) is 0 Å². The summed E-state index contributed by atoms with van der Waals surface area (Å²) in [5, 5.41) is 13.0. The summed E-state index contributed by atoms with van der Waals surface area (Å²) >= 11 is 0. The SMILES string of the molecule is COc1cccc(C(O)CNc2ccc(C)cc2F)c1. The van der Waals surface area contributed by atoms with Crippen molar-refractivity contribution in [3.05, 3.63) is 59.4 Å². The van der Waals surface area contributed by atoms with Gasteiger partial charge in [0.25, 0.3) is 0 Å². The molecule has 0 aliphatic carbocycles. The summed E-state index contributed by atoms with van der Waals surface area (Å²) in [6, 6.07) is 12.1. The highest BCUT2D eigenvalue weighted by Crippen LogP contribution is 2.21. The lowest BCUT2D eigenvalue weighted by molar-refractivity contribution is 0.191. The highest BCUT2D eigenvalue weighted by Gasteiger charge is 2.09. The van der Waals surface area contributed by atoms with Crippen LogP contribution in [0.3, 0.4) is 0 Å². The predicted octanol–water partition coefficient (Wildman–Crippen LogP) is 3.29. The van der Waals surface area contributed by atoms with Gasteiger partial charge in [0.05, 0.1) is 18.9 Å². The molecule has 3 nitrogen and oxygen atoms in total. The first-order valence-electron chi connectivity index (χ1n) is 6.42. The van der Waals surface area contributed by atoms with E-state index in [0.717, 1.165) is 11.1 Å². The fourth-order valence-corrected chi connectivity index (χ4v) is 1.94. The van der Waals surface area contributed by atoms with Gasteiger partial charge in [0.2, 0.25) is 0 Å². The van der Waals surface area contributed by atoms with E-state index in [4.69, 9.17) is 4.74 Å². The van der Waals surface area contributed by atoms with E-state index in [1.165, 1.54) is 6.07 Å². The van der Waals surface area contributed by atoms with E-state index in [-0.39, 0.29) is 12.4 Å². The number of hydrogen-bond acceptors (Lipinski definition) is 3. The van der Waals surface area contributed by atoms with Crippen LogP contribution < -0.4 is 10.1 Å². The number of methoxy groups -OCH3 is 1. The molecule has 1 atom stereocenters. The summed E-state index contributed by atoms with van der Waals surface area (Å²) in [6.45, 7) is 2.06. The van der Waals surface area contributed by atoms with Crippen molar-refractivity contribution in [3.63, 3.8) is 0 Å². The van der Waals surface area contributed by atoms with Crippen molar-refractivity contribution in [2.75, 3.05) is 19.0 Å². The van der Waals surface area contributed by atoms with Crippen molar-refractivity contribution in [3.8, 4) is 5.75 Å². The van der Waals surface area contributed by atoms with Crippen molar-refractivity contribution in [1.82, 2.24) is 0 Å². The quantitative estimate of drug-likeness (QED) is 0.879. The largest absolute Gasteiger partial charge is 0.497 e. The molecule has 0 fully saturated rings. The van der Waals surface area contributed by atoms with Crippen molar-refractivity contribution in [2.45, 2.75) is 13.0 Å². The van der Waals surface area contributed by atoms with Crippen molar-refractivity contribution in [2.24, 2.45) is 0 Å². The summed E-state index contributed by atoms with van der Waals surface area (Å²) in [5.74, 6) is 0.367. The highest BCUT2D eigenvalue weighted by atomic mass is 19.1. The maximum Gasteiger partial charge on any atom is 0.146 e. The molecule has 0 radical (unpaired) electrons. The molecule has 0 heterocycles. The van der Waals surface area contributed by atoms with Crippen LogP contribution >= 0.6 is 0 Å². The summed E-state index contributed by atoms with van der Waals surface area (Å²) in [7, 11) is 1.57. The van der Waals surface area contributed by atoms with Gasteiger partial charge >= 0.3 is 0 Å². The molecule has 0 saturated carbocycles. The molecule has 2 rings (SSSR count). The zero-order valence-corrected chi connectivity index (χ0v) is 11.6. The van der Waals surface area contributed by atoms with E-state index in [1.807, 2.05) is 25.1 Å². The fourth-order valence-electron chi connectivity index (χ4n) is 1.94. The predicted molar refractivity (Wildman–Crippen MR) is 77.6 cm³/mol. The maximum absolute atomic E-state index is 13.7. The molecule has 2 aromatic carbocycles. The zero-order valence-electron chi connectivity index (χ0n) is 11.6. The molecule has 0 aromatic heterocycles. The van der Waals surface area contributed by atoms with Gasteiger partial charge in [-0.2, -0.15) is 0 Å². The summed E-state index contributed by atoms with van der Waals surface area (Å²) < 4.78 is 18.8. The van der Waals surface area contributed by atoms with Crippen LogP contribution in [0.25, 0.3) is 0 Å². The molecular formula is C16H18FNO2. The van der Waals surface area contributed by atoms with Crippen LogP contribution in [-0.2, 0) is 0 Å². The second-order valence-corrected chi connectivity index (χ2v) is 4.66. The first kappa shape index (κ1) is 14.3. The third kappa shape index (κ3) is 3.48. The first-order valence-corrected chi connectivity index (χ1v) is 6.42. The van der Waals surface area contributed by atoms with E-state index in [0.29, 0.717) is 11.4 Å². The standard InChI is InChI=1S/C16H18FNO2/c1-11-6-7-15(14(17)8-11)18-10-16(19)12-4-3-5-13(9-12)20-2/h3-9,16,18-19H,10H2,1-2H3. The van der Waals surface area contributed by atoms with E-state index < -0.39 is 6.10 Å². The van der Waals surface area contributed by atoms with Crippen LogP contribution in [0.5, 0.6) is 5.75 Å². The van der Waals surface area contributed by atoms with Gasteiger partial charge in [-0.05, 0) is 42.3 Å². The van der Waals surface area contributed by atoms with E-state index in [1.54, 1.807) is 25.3 Å². The second-order valence-electron chi connectivity index (χ2n) is 4.66. The molecule has 106 valence electrons. The Kier molecular flexibility index (Phi) is 4.58. The number of aryl methyl sites for hydroxylation is 1. The topological polar surface area (TPSA) is 41.5 Å². The van der Waals surface area contributed by atoms with Crippen LogP contribution in [-0.4, -0.2) is 18.8 Å². The monoisotopic (exact) mass is 275 g/mol. The van der Waals surface area contributed by atoms with Crippen LogP contribution in [0.1, 0.15) is 17.2 Å². The molecule has 0 saturated heterocycles. The Morgan fingerprint density at radius 2 is 2.05 bits per heavy atom. The summed E-state index contributed by atoms with van der Waals surface area (Å²) in [4.78, 5) is 0. The lowest BCUT2D eigenvalue weighted by atomic mass is 10.1. The van der Waals surface area contributed by atoms with E-state index in [9.17, 15) is 9.50 Å². The van der Waals surface area contributed by atoms with Crippen molar-refractivity contribution >= 4 is 5.69 Å².